The summed E-state index contributed by atoms with van der Waals surface area (Å²) in [5.74, 6) is 0.214. The van der Waals surface area contributed by atoms with Gasteiger partial charge in [0.25, 0.3) is 0 Å². The predicted molar refractivity (Wildman–Crippen MR) is 84.0 cm³/mol. The van der Waals surface area contributed by atoms with Crippen molar-refractivity contribution in [1.82, 2.24) is 0 Å². The van der Waals surface area contributed by atoms with Crippen LogP contribution in [0.2, 0.25) is 0 Å². The van der Waals surface area contributed by atoms with Crippen molar-refractivity contribution >= 4 is 17.4 Å². The lowest BCUT2D eigenvalue weighted by atomic mass is 9.82. The van der Waals surface area contributed by atoms with Gasteiger partial charge in [0.15, 0.2) is 0 Å². The van der Waals surface area contributed by atoms with Crippen LogP contribution >= 0.6 is 0 Å². The third kappa shape index (κ3) is 4.00. The van der Waals surface area contributed by atoms with E-state index in [-0.39, 0.29) is 17.7 Å². The Kier molecular flexibility index (Phi) is 5.81. The first-order valence-electron chi connectivity index (χ1n) is 7.75. The van der Waals surface area contributed by atoms with E-state index < -0.39 is 6.04 Å². The molecule has 5 nitrogen and oxygen atoms in total. The van der Waals surface area contributed by atoms with Gasteiger partial charge < -0.3 is 14.8 Å². The summed E-state index contributed by atoms with van der Waals surface area (Å²) < 4.78 is 10.3. The monoisotopic (exact) mass is 305 g/mol. The number of methoxy groups -OCH3 is 1. The minimum atomic E-state index is -0.624. The molecule has 0 spiro atoms. The van der Waals surface area contributed by atoms with Crippen molar-refractivity contribution in [2.75, 3.05) is 19.0 Å². The topological polar surface area (TPSA) is 64.6 Å². The van der Waals surface area contributed by atoms with E-state index in [1.54, 1.807) is 14.0 Å². The lowest BCUT2D eigenvalue weighted by Crippen LogP contribution is -2.43. The minimum Gasteiger partial charge on any atom is -0.497 e. The van der Waals surface area contributed by atoms with Crippen LogP contribution in [0.5, 0.6) is 5.75 Å². The number of anilines is 1. The van der Waals surface area contributed by atoms with Crippen molar-refractivity contribution < 1.29 is 19.1 Å². The van der Waals surface area contributed by atoms with E-state index in [0.29, 0.717) is 13.0 Å². The molecule has 2 atom stereocenters. The second kappa shape index (κ2) is 7.82. The molecule has 0 aromatic heterocycles. The van der Waals surface area contributed by atoms with E-state index >= 15 is 0 Å². The number of carbonyl (C=O) groups is 2. The number of esters is 1. The van der Waals surface area contributed by atoms with E-state index in [1.807, 2.05) is 24.3 Å². The molecule has 0 amide bonds. The van der Waals surface area contributed by atoms with Crippen LogP contribution in [0.3, 0.4) is 0 Å². The molecular weight excluding hydrogens is 282 g/mol. The smallest absolute Gasteiger partial charge is 0.329 e. The van der Waals surface area contributed by atoms with Crippen LogP contribution in [0.4, 0.5) is 5.69 Å². The average molecular weight is 305 g/mol. The highest BCUT2D eigenvalue weighted by atomic mass is 16.5. The molecule has 1 unspecified atom stereocenters. The zero-order valence-corrected chi connectivity index (χ0v) is 13.1. The molecule has 1 aromatic rings. The van der Waals surface area contributed by atoms with Crippen LogP contribution < -0.4 is 10.1 Å². The van der Waals surface area contributed by atoms with Gasteiger partial charge in [0.05, 0.1) is 13.7 Å². The van der Waals surface area contributed by atoms with Crippen molar-refractivity contribution in [2.24, 2.45) is 5.92 Å². The van der Waals surface area contributed by atoms with Gasteiger partial charge >= 0.3 is 5.97 Å². The zero-order valence-electron chi connectivity index (χ0n) is 13.1. The molecule has 5 heteroatoms. The Morgan fingerprint density at radius 2 is 2.05 bits per heavy atom. The summed E-state index contributed by atoms with van der Waals surface area (Å²) in [5.41, 5.74) is 0.775. The molecule has 0 aliphatic heterocycles. The highest BCUT2D eigenvalue weighted by Gasteiger charge is 2.35. The lowest BCUT2D eigenvalue weighted by molar-refractivity contribution is -0.147. The summed E-state index contributed by atoms with van der Waals surface area (Å²) in [7, 11) is 1.60. The lowest BCUT2D eigenvalue weighted by Gasteiger charge is -2.29. The Hall–Kier alpha value is -2.04. The van der Waals surface area contributed by atoms with E-state index in [1.165, 1.54) is 0 Å². The number of carbonyl (C=O) groups excluding carboxylic acids is 2. The van der Waals surface area contributed by atoms with Crippen LogP contribution in [0.15, 0.2) is 24.3 Å². The number of Topliss-reactive ketones (excluding diaryl/α,β-unsaturated/α-hetero) is 1. The van der Waals surface area contributed by atoms with E-state index in [0.717, 1.165) is 30.7 Å². The number of ketones is 1. The first kappa shape index (κ1) is 16.3. The summed E-state index contributed by atoms with van der Waals surface area (Å²) >= 11 is 0. The highest BCUT2D eigenvalue weighted by molar-refractivity contribution is 5.91. The second-order valence-electron chi connectivity index (χ2n) is 5.42. The first-order chi connectivity index (χ1) is 10.7. The van der Waals surface area contributed by atoms with Gasteiger partial charge in [-0.15, -0.1) is 0 Å². The number of hydrogen-bond donors (Lipinski definition) is 1. The maximum absolute atomic E-state index is 12.3. The SMILES string of the molecule is CCOC(=O)C(Nc1ccc(OC)cc1)[C@@H]1CCCCC1=O. The van der Waals surface area contributed by atoms with Gasteiger partial charge in [-0.1, -0.05) is 6.42 Å². The minimum absolute atomic E-state index is 0.144. The van der Waals surface area contributed by atoms with Crippen LogP contribution in [-0.2, 0) is 14.3 Å². The average Bonchev–Trinajstić information content (AvgIpc) is 2.54. The predicted octanol–water partition coefficient (Wildman–Crippen LogP) is 2.80. The van der Waals surface area contributed by atoms with E-state index in [9.17, 15) is 9.59 Å². The molecule has 1 aliphatic carbocycles. The normalized spacial score (nSPS) is 19.4. The van der Waals surface area contributed by atoms with Gasteiger partial charge in [-0.3, -0.25) is 4.79 Å². The van der Waals surface area contributed by atoms with Crippen molar-refractivity contribution in [3.63, 3.8) is 0 Å². The zero-order chi connectivity index (χ0) is 15.9. The summed E-state index contributed by atoms with van der Waals surface area (Å²) in [6.07, 6.45) is 3.15. The van der Waals surface area contributed by atoms with Crippen LogP contribution in [-0.4, -0.2) is 31.5 Å². The molecule has 0 bridgehead atoms. The fourth-order valence-electron chi connectivity index (χ4n) is 2.79. The molecule has 1 aromatic carbocycles. The molecule has 0 heterocycles. The molecule has 22 heavy (non-hydrogen) atoms. The Bertz CT molecular complexity index is 512. The molecule has 1 saturated carbocycles. The highest BCUT2D eigenvalue weighted by Crippen LogP contribution is 2.27. The van der Waals surface area contributed by atoms with E-state index in [4.69, 9.17) is 9.47 Å². The Morgan fingerprint density at radius 3 is 2.64 bits per heavy atom. The second-order valence-corrected chi connectivity index (χ2v) is 5.42. The summed E-state index contributed by atoms with van der Waals surface area (Å²) in [6, 6.07) is 6.66. The van der Waals surface area contributed by atoms with Crippen LogP contribution in [0, 0.1) is 5.92 Å². The summed E-state index contributed by atoms with van der Waals surface area (Å²) in [4.78, 5) is 24.4. The maximum Gasteiger partial charge on any atom is 0.329 e. The molecule has 2 rings (SSSR count). The fraction of sp³-hybridized carbons (Fsp3) is 0.529. The van der Waals surface area contributed by atoms with Gasteiger partial charge in [0.2, 0.25) is 0 Å². The number of benzene rings is 1. The molecule has 1 fully saturated rings. The third-order valence-corrected chi connectivity index (χ3v) is 3.96. The van der Waals surface area contributed by atoms with Crippen LogP contribution in [0.25, 0.3) is 0 Å². The molecule has 0 saturated heterocycles. The standard InChI is InChI=1S/C17H23NO4/c1-3-22-17(20)16(14-6-4-5-7-15(14)19)18-12-8-10-13(21-2)11-9-12/h8-11,14,16,18H,3-7H2,1-2H3/t14-,16?/m1/s1. The Morgan fingerprint density at radius 1 is 1.32 bits per heavy atom. The first-order valence-corrected chi connectivity index (χ1v) is 7.75. The largest absolute Gasteiger partial charge is 0.497 e. The van der Waals surface area contributed by atoms with Crippen molar-refractivity contribution in [3.8, 4) is 5.75 Å². The quantitative estimate of drug-likeness (QED) is 0.819. The van der Waals surface area contributed by atoms with Gasteiger partial charge in [-0.05, 0) is 44.0 Å². The molecule has 0 radical (unpaired) electrons. The summed E-state index contributed by atoms with van der Waals surface area (Å²) in [6.45, 7) is 2.07. The van der Waals surface area contributed by atoms with Gasteiger partial charge in [-0.25, -0.2) is 4.79 Å². The molecule has 120 valence electrons. The Labute approximate surface area is 131 Å². The fourth-order valence-corrected chi connectivity index (χ4v) is 2.79. The van der Waals surface area contributed by atoms with Crippen molar-refractivity contribution in [3.05, 3.63) is 24.3 Å². The molecule has 1 N–H and O–H groups in total. The number of rotatable bonds is 6. The summed E-state index contributed by atoms with van der Waals surface area (Å²) in [5, 5.41) is 3.16. The maximum atomic E-state index is 12.3. The molecule has 1 aliphatic rings. The van der Waals surface area contributed by atoms with Crippen molar-refractivity contribution in [2.45, 2.75) is 38.6 Å². The van der Waals surface area contributed by atoms with Gasteiger partial charge in [0, 0.05) is 18.0 Å². The van der Waals surface area contributed by atoms with E-state index in [2.05, 4.69) is 5.32 Å². The molecular formula is C17H23NO4. The van der Waals surface area contributed by atoms with Gasteiger partial charge in [0.1, 0.15) is 17.6 Å². The third-order valence-electron chi connectivity index (χ3n) is 3.96. The van der Waals surface area contributed by atoms with Gasteiger partial charge in [-0.2, -0.15) is 0 Å². The number of ether oxygens (including phenoxy) is 2. The Balaban J connectivity index is 2.15. The van der Waals surface area contributed by atoms with Crippen LogP contribution in [0.1, 0.15) is 32.6 Å². The number of nitrogens with one attached hydrogen (secondary N) is 1. The number of hydrogen-bond acceptors (Lipinski definition) is 5. The van der Waals surface area contributed by atoms with Crippen molar-refractivity contribution in [1.29, 1.82) is 0 Å².